The lowest BCUT2D eigenvalue weighted by atomic mass is 10.2. The van der Waals surface area contributed by atoms with E-state index in [1.165, 1.54) is 0 Å². The molecule has 3 aromatic rings. The van der Waals surface area contributed by atoms with Crippen molar-refractivity contribution >= 4 is 17.4 Å². The summed E-state index contributed by atoms with van der Waals surface area (Å²) in [6, 6.07) is 13.6. The number of nitrogens with zero attached hydrogens (tertiary/aromatic N) is 5. The standard InChI is InChI=1S/C22H26N6O/c1-16-8-4-5-9-19(16)24-22(29)27-14-12-26(13-15-27)21-17(2)25-28(18(21)3)20-10-6-7-11-23-20/h4-11H,12-15H2,1-3H3,(H,24,29). The van der Waals surface area contributed by atoms with E-state index in [1.54, 1.807) is 6.20 Å². The number of aryl methyl sites for hydroxylation is 2. The summed E-state index contributed by atoms with van der Waals surface area (Å²) in [5.41, 5.74) is 5.11. The normalized spacial score (nSPS) is 14.2. The molecule has 0 saturated carbocycles. The Balaban J connectivity index is 1.44. The number of para-hydroxylation sites is 1. The van der Waals surface area contributed by atoms with Gasteiger partial charge in [-0.3, -0.25) is 0 Å². The minimum absolute atomic E-state index is 0.0448. The van der Waals surface area contributed by atoms with Crippen molar-refractivity contribution in [2.24, 2.45) is 0 Å². The second-order valence-corrected chi connectivity index (χ2v) is 7.34. The van der Waals surface area contributed by atoms with Crippen molar-refractivity contribution in [3.8, 4) is 5.82 Å². The summed E-state index contributed by atoms with van der Waals surface area (Å²) in [7, 11) is 0. The zero-order valence-corrected chi connectivity index (χ0v) is 17.1. The van der Waals surface area contributed by atoms with Crippen LogP contribution in [0.25, 0.3) is 5.82 Å². The van der Waals surface area contributed by atoms with Gasteiger partial charge in [0.15, 0.2) is 5.82 Å². The van der Waals surface area contributed by atoms with Crippen LogP contribution < -0.4 is 10.2 Å². The number of pyridine rings is 1. The Kier molecular flexibility index (Phi) is 5.20. The summed E-state index contributed by atoms with van der Waals surface area (Å²) in [5.74, 6) is 0.815. The minimum Gasteiger partial charge on any atom is -0.365 e. The molecule has 0 atom stereocenters. The van der Waals surface area contributed by atoms with Gasteiger partial charge >= 0.3 is 6.03 Å². The highest BCUT2D eigenvalue weighted by Gasteiger charge is 2.25. The summed E-state index contributed by atoms with van der Waals surface area (Å²) in [6.07, 6.45) is 1.78. The van der Waals surface area contributed by atoms with Crippen molar-refractivity contribution in [3.63, 3.8) is 0 Å². The van der Waals surface area contributed by atoms with Crippen molar-refractivity contribution in [2.45, 2.75) is 20.8 Å². The van der Waals surface area contributed by atoms with E-state index >= 15 is 0 Å². The molecule has 0 bridgehead atoms. The number of anilines is 2. The van der Waals surface area contributed by atoms with Gasteiger partial charge in [0, 0.05) is 38.1 Å². The van der Waals surface area contributed by atoms with E-state index in [9.17, 15) is 4.79 Å². The molecule has 1 aromatic carbocycles. The summed E-state index contributed by atoms with van der Waals surface area (Å²) in [6.45, 7) is 8.99. The molecule has 0 radical (unpaired) electrons. The van der Waals surface area contributed by atoms with Crippen LogP contribution in [0.5, 0.6) is 0 Å². The number of carbonyl (C=O) groups is 1. The molecule has 3 heterocycles. The van der Waals surface area contributed by atoms with E-state index < -0.39 is 0 Å². The molecule has 1 aliphatic rings. The molecular formula is C22H26N6O. The van der Waals surface area contributed by atoms with Crippen molar-refractivity contribution in [1.29, 1.82) is 0 Å². The van der Waals surface area contributed by atoms with Crippen LogP contribution in [0.2, 0.25) is 0 Å². The Morgan fingerprint density at radius 1 is 0.966 bits per heavy atom. The van der Waals surface area contributed by atoms with Crippen LogP contribution in [0.4, 0.5) is 16.2 Å². The first kappa shape index (κ1) is 19.0. The molecule has 7 nitrogen and oxygen atoms in total. The third kappa shape index (κ3) is 3.81. The van der Waals surface area contributed by atoms with E-state index in [0.29, 0.717) is 13.1 Å². The number of aromatic nitrogens is 3. The van der Waals surface area contributed by atoms with E-state index in [0.717, 1.165) is 47.2 Å². The number of carbonyl (C=O) groups excluding carboxylic acids is 1. The van der Waals surface area contributed by atoms with Gasteiger partial charge in [0.25, 0.3) is 0 Å². The number of hydrogen-bond donors (Lipinski definition) is 1. The van der Waals surface area contributed by atoms with E-state index in [-0.39, 0.29) is 6.03 Å². The maximum absolute atomic E-state index is 12.7. The van der Waals surface area contributed by atoms with Crippen molar-refractivity contribution in [3.05, 3.63) is 65.6 Å². The number of rotatable bonds is 3. The van der Waals surface area contributed by atoms with Gasteiger partial charge in [-0.1, -0.05) is 24.3 Å². The van der Waals surface area contributed by atoms with Crippen LogP contribution in [0.3, 0.4) is 0 Å². The zero-order chi connectivity index (χ0) is 20.4. The minimum atomic E-state index is -0.0448. The lowest BCUT2D eigenvalue weighted by Crippen LogP contribution is -2.50. The van der Waals surface area contributed by atoms with Crippen molar-refractivity contribution in [2.75, 3.05) is 36.4 Å². The average Bonchev–Trinajstić information content (AvgIpc) is 3.04. The summed E-state index contributed by atoms with van der Waals surface area (Å²) < 4.78 is 1.89. The quantitative estimate of drug-likeness (QED) is 0.743. The molecule has 0 spiro atoms. The third-order valence-corrected chi connectivity index (χ3v) is 5.39. The lowest BCUT2D eigenvalue weighted by molar-refractivity contribution is 0.208. The van der Waals surface area contributed by atoms with Gasteiger partial charge in [0.05, 0.1) is 17.1 Å². The van der Waals surface area contributed by atoms with E-state index in [1.807, 2.05) is 65.9 Å². The lowest BCUT2D eigenvalue weighted by Gasteiger charge is -2.36. The Bertz CT molecular complexity index is 1010. The zero-order valence-electron chi connectivity index (χ0n) is 17.1. The molecule has 150 valence electrons. The fourth-order valence-electron chi connectivity index (χ4n) is 3.83. The Labute approximate surface area is 171 Å². The number of piperazine rings is 1. The average molecular weight is 390 g/mol. The molecule has 4 rings (SSSR count). The molecule has 1 N–H and O–H groups in total. The third-order valence-electron chi connectivity index (χ3n) is 5.39. The number of nitrogens with one attached hydrogen (secondary N) is 1. The number of hydrogen-bond acceptors (Lipinski definition) is 4. The van der Waals surface area contributed by atoms with Crippen LogP contribution in [-0.2, 0) is 0 Å². The molecule has 1 fully saturated rings. The van der Waals surface area contributed by atoms with Gasteiger partial charge in [-0.05, 0) is 44.5 Å². The van der Waals surface area contributed by atoms with Gasteiger partial charge in [-0.2, -0.15) is 5.10 Å². The van der Waals surface area contributed by atoms with E-state index in [4.69, 9.17) is 5.10 Å². The van der Waals surface area contributed by atoms with Gasteiger partial charge in [0.1, 0.15) is 0 Å². The van der Waals surface area contributed by atoms with Gasteiger partial charge < -0.3 is 15.1 Å². The predicted molar refractivity (Wildman–Crippen MR) is 115 cm³/mol. The Hall–Kier alpha value is -3.35. The Morgan fingerprint density at radius 2 is 1.69 bits per heavy atom. The summed E-state index contributed by atoms with van der Waals surface area (Å²) in [4.78, 5) is 21.3. The number of benzene rings is 1. The molecule has 1 saturated heterocycles. The molecule has 2 amide bonds. The maximum atomic E-state index is 12.7. The predicted octanol–water partition coefficient (Wildman–Crippen LogP) is 3.55. The van der Waals surface area contributed by atoms with Crippen LogP contribution >= 0.6 is 0 Å². The van der Waals surface area contributed by atoms with E-state index in [2.05, 4.69) is 22.1 Å². The van der Waals surface area contributed by atoms with Crippen LogP contribution in [0, 0.1) is 20.8 Å². The van der Waals surface area contributed by atoms with Gasteiger partial charge in [0.2, 0.25) is 0 Å². The van der Waals surface area contributed by atoms with Gasteiger partial charge in [-0.15, -0.1) is 0 Å². The first-order valence-electron chi connectivity index (χ1n) is 9.88. The fraction of sp³-hybridized carbons (Fsp3) is 0.318. The first-order chi connectivity index (χ1) is 14.0. The number of amides is 2. The second-order valence-electron chi connectivity index (χ2n) is 7.34. The number of urea groups is 1. The van der Waals surface area contributed by atoms with Gasteiger partial charge in [-0.25, -0.2) is 14.5 Å². The highest BCUT2D eigenvalue weighted by molar-refractivity contribution is 5.90. The fourth-order valence-corrected chi connectivity index (χ4v) is 3.83. The molecule has 29 heavy (non-hydrogen) atoms. The first-order valence-corrected chi connectivity index (χ1v) is 9.88. The highest BCUT2D eigenvalue weighted by atomic mass is 16.2. The molecule has 7 heteroatoms. The van der Waals surface area contributed by atoms with Crippen LogP contribution in [0.15, 0.2) is 48.7 Å². The largest absolute Gasteiger partial charge is 0.365 e. The highest BCUT2D eigenvalue weighted by Crippen LogP contribution is 2.27. The molecule has 1 aliphatic heterocycles. The Morgan fingerprint density at radius 3 is 2.38 bits per heavy atom. The van der Waals surface area contributed by atoms with Crippen LogP contribution in [0.1, 0.15) is 17.0 Å². The summed E-state index contributed by atoms with van der Waals surface area (Å²) >= 11 is 0. The summed E-state index contributed by atoms with van der Waals surface area (Å²) in [5, 5.41) is 7.72. The van der Waals surface area contributed by atoms with Crippen LogP contribution in [-0.4, -0.2) is 51.9 Å². The maximum Gasteiger partial charge on any atom is 0.321 e. The molecule has 0 aliphatic carbocycles. The smallest absolute Gasteiger partial charge is 0.321 e. The molecule has 2 aromatic heterocycles. The second kappa shape index (κ2) is 7.95. The topological polar surface area (TPSA) is 66.3 Å². The monoisotopic (exact) mass is 390 g/mol. The van der Waals surface area contributed by atoms with Crippen molar-refractivity contribution in [1.82, 2.24) is 19.7 Å². The molecule has 0 unspecified atom stereocenters. The SMILES string of the molecule is Cc1ccccc1NC(=O)N1CCN(c2c(C)nn(-c3ccccn3)c2C)CC1. The molecular weight excluding hydrogens is 364 g/mol. The van der Waals surface area contributed by atoms with Crippen molar-refractivity contribution < 1.29 is 4.79 Å².